The topological polar surface area (TPSA) is 60.4 Å². The molecule has 0 bridgehead atoms. The number of benzene rings is 6. The molecule has 0 radical (unpaired) electrons. The van der Waals surface area contributed by atoms with E-state index in [1.807, 2.05) is 30.5 Å². The number of fused-ring (bicyclic) bond motifs is 7. The molecule has 8 aromatic rings. The summed E-state index contributed by atoms with van der Waals surface area (Å²) in [6, 6.07) is 53.4. The molecule has 2 aliphatic heterocycles. The summed E-state index contributed by atoms with van der Waals surface area (Å²) in [5.74, 6) is 0.859. The van der Waals surface area contributed by atoms with Crippen molar-refractivity contribution in [3.8, 4) is 5.69 Å². The highest BCUT2D eigenvalue weighted by molar-refractivity contribution is 6.23. The van der Waals surface area contributed by atoms with Crippen LogP contribution in [0, 0.1) is 0 Å². The van der Waals surface area contributed by atoms with E-state index in [1.165, 1.54) is 38.1 Å². The Morgan fingerprint density at radius 3 is 1.92 bits per heavy atom. The van der Waals surface area contributed by atoms with E-state index in [-0.39, 0.29) is 18.5 Å². The van der Waals surface area contributed by atoms with Gasteiger partial charge in [0.15, 0.2) is 0 Å². The first-order chi connectivity index (χ1) is 24.8. The maximum absolute atomic E-state index is 5.26. The summed E-state index contributed by atoms with van der Waals surface area (Å²) in [4.78, 5) is 5.15. The van der Waals surface area contributed by atoms with Gasteiger partial charge in [-0.25, -0.2) is 4.99 Å². The maximum atomic E-state index is 5.26. The molecule has 3 unspecified atom stereocenters. The van der Waals surface area contributed by atoms with E-state index in [9.17, 15) is 0 Å². The molecule has 0 fully saturated rings. The Morgan fingerprint density at radius 2 is 1.20 bits per heavy atom. The van der Waals surface area contributed by atoms with Gasteiger partial charge in [-0.1, -0.05) is 140 Å². The Balaban J connectivity index is 1.11. The Labute approximate surface area is 289 Å². The number of nitrogens with one attached hydrogen (secondary N) is 2. The summed E-state index contributed by atoms with van der Waals surface area (Å²) < 4.78 is 4.83. The number of nitrogens with zero attached hydrogens (tertiary/aromatic N) is 4. The molecular weight excluding hydrogens is 613 g/mol. The number of para-hydroxylation sites is 3. The van der Waals surface area contributed by atoms with Crippen molar-refractivity contribution in [2.45, 2.75) is 18.5 Å². The molecule has 6 heteroatoms. The van der Waals surface area contributed by atoms with Crippen molar-refractivity contribution < 1.29 is 0 Å². The average molecular weight is 646 g/mol. The predicted octanol–water partition coefficient (Wildman–Crippen LogP) is 9.88. The molecular formula is C44H33N6-. The van der Waals surface area contributed by atoms with Gasteiger partial charge in [-0.05, 0) is 41.6 Å². The molecule has 50 heavy (non-hydrogen) atoms. The molecule has 0 saturated carbocycles. The van der Waals surface area contributed by atoms with E-state index < -0.39 is 0 Å². The molecule has 4 heterocycles. The van der Waals surface area contributed by atoms with Crippen LogP contribution in [0.3, 0.4) is 0 Å². The van der Waals surface area contributed by atoms with E-state index in [2.05, 4.69) is 159 Å². The van der Waals surface area contributed by atoms with Crippen molar-refractivity contribution in [3.63, 3.8) is 0 Å². The van der Waals surface area contributed by atoms with Crippen molar-refractivity contribution in [3.05, 3.63) is 192 Å². The molecule has 2 aliphatic rings. The summed E-state index contributed by atoms with van der Waals surface area (Å²) in [6.07, 6.45) is 5.80. The summed E-state index contributed by atoms with van der Waals surface area (Å²) >= 11 is 0. The molecule has 0 aliphatic carbocycles. The van der Waals surface area contributed by atoms with Crippen molar-refractivity contribution in [2.75, 3.05) is 0 Å². The Bertz CT molecular complexity index is 2630. The fourth-order valence-corrected chi connectivity index (χ4v) is 7.71. The van der Waals surface area contributed by atoms with E-state index in [1.54, 1.807) is 0 Å². The first-order valence-corrected chi connectivity index (χ1v) is 17.1. The summed E-state index contributed by atoms with van der Waals surface area (Å²) in [7, 11) is 0. The lowest BCUT2D eigenvalue weighted by Crippen LogP contribution is -2.49. The van der Waals surface area contributed by atoms with Gasteiger partial charge in [-0.2, -0.15) is 6.20 Å². The number of hydrogen-bond donors (Lipinski definition) is 2. The van der Waals surface area contributed by atoms with Crippen LogP contribution < -0.4 is 10.6 Å². The van der Waals surface area contributed by atoms with Gasteiger partial charge < -0.3 is 19.8 Å². The largest absolute Gasteiger partial charge is 0.668 e. The lowest BCUT2D eigenvalue weighted by Gasteiger charge is -2.38. The van der Waals surface area contributed by atoms with E-state index in [4.69, 9.17) is 10.3 Å². The average Bonchev–Trinajstić information content (AvgIpc) is 3.72. The lowest BCUT2D eigenvalue weighted by atomic mass is 10.1. The van der Waals surface area contributed by atoms with Crippen LogP contribution in [0.1, 0.15) is 23.5 Å². The number of amidine groups is 1. The first kappa shape index (κ1) is 28.6. The zero-order valence-corrected chi connectivity index (χ0v) is 27.2. The predicted molar refractivity (Wildman–Crippen MR) is 206 cm³/mol. The van der Waals surface area contributed by atoms with Crippen LogP contribution in [-0.2, 0) is 0 Å². The van der Waals surface area contributed by atoms with Crippen molar-refractivity contribution >= 4 is 49.4 Å². The molecule has 10 rings (SSSR count). The molecule has 0 amide bonds. The Hall–Kier alpha value is -6.37. The standard InChI is InChI=1S/C44H33N6/c1-4-14-29(15-5-1)42-46-43(30-16-6-2-7-17-30)48-44(47-42)31-24-27-39(45-28-31)50-38-23-13-11-21-34(38)36-26-25-35-33-20-10-12-22-37(33)49(40(35)41(36)50)32-18-8-3-9-19-32/h1-28,39,42,44,47H,(H,46,48)/q-1. The van der Waals surface area contributed by atoms with Gasteiger partial charge >= 0.3 is 0 Å². The molecule has 6 aromatic carbocycles. The minimum Gasteiger partial charge on any atom is -0.668 e. The Morgan fingerprint density at radius 1 is 0.580 bits per heavy atom. The molecule has 2 aromatic heterocycles. The summed E-state index contributed by atoms with van der Waals surface area (Å²) in [5, 5.41) is 17.5. The van der Waals surface area contributed by atoms with Gasteiger partial charge in [-0.15, -0.1) is 0 Å². The van der Waals surface area contributed by atoms with E-state index in [0.717, 1.165) is 33.7 Å². The minimum atomic E-state index is -0.275. The van der Waals surface area contributed by atoms with E-state index in [0.29, 0.717) is 0 Å². The van der Waals surface area contributed by atoms with Crippen LogP contribution in [0.4, 0.5) is 0 Å². The molecule has 0 spiro atoms. The monoisotopic (exact) mass is 645 g/mol. The van der Waals surface area contributed by atoms with Crippen LogP contribution in [-0.4, -0.2) is 21.1 Å². The summed E-state index contributed by atoms with van der Waals surface area (Å²) in [5.41, 5.74) is 9.06. The van der Waals surface area contributed by atoms with Gasteiger partial charge in [0.25, 0.3) is 0 Å². The van der Waals surface area contributed by atoms with Gasteiger partial charge in [0.1, 0.15) is 18.2 Å². The van der Waals surface area contributed by atoms with Gasteiger partial charge in [-0.3, -0.25) is 5.32 Å². The molecule has 0 saturated heterocycles. The van der Waals surface area contributed by atoms with E-state index >= 15 is 0 Å². The molecule has 3 atom stereocenters. The zero-order chi connectivity index (χ0) is 33.0. The summed E-state index contributed by atoms with van der Waals surface area (Å²) in [6.45, 7) is 0. The quantitative estimate of drug-likeness (QED) is 0.196. The van der Waals surface area contributed by atoms with Crippen LogP contribution in [0.15, 0.2) is 181 Å². The van der Waals surface area contributed by atoms with Crippen molar-refractivity contribution in [1.82, 2.24) is 19.8 Å². The number of aliphatic imine (C=N–C) groups is 1. The highest BCUT2D eigenvalue weighted by atomic mass is 15.3. The van der Waals surface area contributed by atoms with Crippen molar-refractivity contribution in [1.29, 1.82) is 0 Å². The second-order valence-electron chi connectivity index (χ2n) is 12.9. The van der Waals surface area contributed by atoms with Crippen LogP contribution in [0.25, 0.3) is 54.6 Å². The second kappa shape index (κ2) is 11.7. The number of rotatable bonds is 5. The van der Waals surface area contributed by atoms with Gasteiger partial charge in [0, 0.05) is 38.3 Å². The Kier molecular flexibility index (Phi) is 6.67. The third-order valence-electron chi connectivity index (χ3n) is 9.98. The smallest absolute Gasteiger partial charge is 0.131 e. The fraction of sp³-hybridized carbons (Fsp3) is 0.0682. The van der Waals surface area contributed by atoms with Crippen LogP contribution >= 0.6 is 0 Å². The lowest BCUT2D eigenvalue weighted by molar-refractivity contribution is 0.434. The van der Waals surface area contributed by atoms with Gasteiger partial charge in [0.2, 0.25) is 0 Å². The number of hydrogen-bond acceptors (Lipinski definition) is 3. The highest BCUT2D eigenvalue weighted by Crippen LogP contribution is 2.43. The minimum absolute atomic E-state index is 0.105. The normalized spacial score (nSPS) is 19.0. The highest BCUT2D eigenvalue weighted by Gasteiger charge is 2.26. The van der Waals surface area contributed by atoms with Crippen LogP contribution in [0.5, 0.6) is 0 Å². The zero-order valence-electron chi connectivity index (χ0n) is 27.2. The molecule has 240 valence electrons. The molecule has 2 N–H and O–H groups in total. The third-order valence-corrected chi connectivity index (χ3v) is 9.98. The maximum Gasteiger partial charge on any atom is 0.131 e. The molecule has 6 nitrogen and oxygen atoms in total. The van der Waals surface area contributed by atoms with Gasteiger partial charge in [0.05, 0.1) is 16.6 Å². The second-order valence-corrected chi connectivity index (χ2v) is 12.9. The third kappa shape index (κ3) is 4.57. The number of aromatic nitrogens is 2. The SMILES string of the molecule is C1=CC(n2c3ccccc3c3ccc4c5ccccc5n(-c5ccccc5)c4c32)[N-]C=C1C1N=C(c2ccccc2)NC(c2ccccc2)N1. The fourth-order valence-electron chi connectivity index (χ4n) is 7.71. The first-order valence-electron chi connectivity index (χ1n) is 17.1. The van der Waals surface area contributed by atoms with Crippen molar-refractivity contribution in [2.24, 2.45) is 4.99 Å². The van der Waals surface area contributed by atoms with Crippen LogP contribution in [0.2, 0.25) is 0 Å².